The number of hydrogen-bond acceptors (Lipinski definition) is 2. The van der Waals surface area contributed by atoms with Crippen LogP contribution in [0.5, 0.6) is 0 Å². The zero-order valence-corrected chi connectivity index (χ0v) is 27.1. The molecule has 0 saturated heterocycles. The molecule has 0 bridgehead atoms. The molecule has 2 nitrogen and oxygen atoms in total. The monoisotopic (exact) mass is 541 g/mol. The van der Waals surface area contributed by atoms with Crippen molar-refractivity contribution in [3.8, 4) is 0 Å². The minimum absolute atomic E-state index is 0.372. The average Bonchev–Trinajstić information content (AvgIpc) is 2.91. The molecule has 0 rings (SSSR count). The Labute approximate surface area is 242 Å². The fourth-order valence-electron chi connectivity index (χ4n) is 5.27. The van der Waals surface area contributed by atoms with Crippen molar-refractivity contribution in [3.05, 3.63) is 0 Å². The van der Waals surface area contributed by atoms with Gasteiger partial charge in [0.1, 0.15) is 0 Å². The van der Waals surface area contributed by atoms with E-state index >= 15 is 0 Å². The molecular weight excluding hydrogens is 464 g/mol. The second-order valence-electron chi connectivity index (χ2n) is 12.5. The first-order valence-corrected chi connectivity index (χ1v) is 17.9. The van der Waals surface area contributed by atoms with Gasteiger partial charge in [0.15, 0.2) is 0 Å². The lowest BCUT2D eigenvalue weighted by molar-refractivity contribution is 0.282. The van der Waals surface area contributed by atoms with Crippen LogP contribution in [0, 0.1) is 5.92 Å². The van der Waals surface area contributed by atoms with Gasteiger partial charge in [-0.3, -0.25) is 0 Å². The molecular formula is C36H76O2. The van der Waals surface area contributed by atoms with E-state index in [0.717, 1.165) is 18.8 Å². The maximum Gasteiger partial charge on any atom is 0.0431 e. The molecule has 0 aromatic heterocycles. The zero-order chi connectivity index (χ0) is 28.2. The van der Waals surface area contributed by atoms with Crippen LogP contribution in [0.4, 0.5) is 0 Å². The number of aliphatic hydroxyl groups is 2. The summed E-state index contributed by atoms with van der Waals surface area (Å²) in [6, 6.07) is 0. The molecule has 0 fully saturated rings. The van der Waals surface area contributed by atoms with Gasteiger partial charge in [0.05, 0.1) is 0 Å². The fraction of sp³-hybridized carbons (Fsp3) is 1.00. The van der Waals surface area contributed by atoms with E-state index in [1.807, 2.05) is 0 Å². The quantitative estimate of drug-likeness (QED) is 0.0858. The van der Waals surface area contributed by atoms with E-state index in [4.69, 9.17) is 10.2 Å². The Morgan fingerprint density at radius 3 is 0.737 bits per heavy atom. The van der Waals surface area contributed by atoms with E-state index in [-0.39, 0.29) is 0 Å². The van der Waals surface area contributed by atoms with Crippen LogP contribution < -0.4 is 0 Å². The molecule has 0 aliphatic heterocycles. The van der Waals surface area contributed by atoms with Gasteiger partial charge < -0.3 is 10.2 Å². The van der Waals surface area contributed by atoms with Crippen LogP contribution in [0.25, 0.3) is 0 Å². The largest absolute Gasteiger partial charge is 0.396 e. The molecule has 0 aliphatic rings. The number of hydrogen-bond donors (Lipinski definition) is 2. The van der Waals surface area contributed by atoms with Crippen molar-refractivity contribution in [1.29, 1.82) is 0 Å². The van der Waals surface area contributed by atoms with Crippen molar-refractivity contribution in [2.45, 2.75) is 213 Å². The molecule has 0 saturated carbocycles. The van der Waals surface area contributed by atoms with Crippen LogP contribution in [0.2, 0.25) is 0 Å². The highest BCUT2D eigenvalue weighted by Gasteiger charge is 1.96. The van der Waals surface area contributed by atoms with Gasteiger partial charge in [0.2, 0.25) is 0 Å². The van der Waals surface area contributed by atoms with Gasteiger partial charge in [0, 0.05) is 13.2 Å². The maximum absolute atomic E-state index is 8.67. The van der Waals surface area contributed by atoms with Crippen molar-refractivity contribution in [3.63, 3.8) is 0 Å². The minimum atomic E-state index is 0.372. The third kappa shape index (κ3) is 43.0. The molecule has 0 unspecified atom stereocenters. The lowest BCUT2D eigenvalue weighted by Crippen LogP contribution is -1.87. The van der Waals surface area contributed by atoms with Gasteiger partial charge in [-0.05, 0) is 18.8 Å². The zero-order valence-electron chi connectivity index (χ0n) is 27.1. The molecule has 0 aliphatic carbocycles. The summed E-state index contributed by atoms with van der Waals surface area (Å²) in [5, 5.41) is 17.3. The highest BCUT2D eigenvalue weighted by molar-refractivity contribution is 4.51. The van der Waals surface area contributed by atoms with Crippen molar-refractivity contribution >= 4 is 0 Å². The fourth-order valence-corrected chi connectivity index (χ4v) is 5.27. The first-order valence-electron chi connectivity index (χ1n) is 17.9. The summed E-state index contributed by atoms with van der Waals surface area (Å²) in [4.78, 5) is 0. The Hall–Kier alpha value is -0.0800. The minimum Gasteiger partial charge on any atom is -0.396 e. The predicted octanol–water partition coefficient (Wildman–Crippen LogP) is 12.3. The summed E-state index contributed by atoms with van der Waals surface area (Å²) in [6.07, 6.45) is 41.4. The Kier molecular flexibility index (Phi) is 41.2. The second-order valence-corrected chi connectivity index (χ2v) is 12.5. The van der Waals surface area contributed by atoms with Crippen LogP contribution in [-0.2, 0) is 0 Å². The van der Waals surface area contributed by atoms with Gasteiger partial charge >= 0.3 is 0 Å². The standard InChI is InChI=1S/2C18H38O/c1-18(2)16-14-12-10-8-6-4-3-5-7-9-11-13-15-17-19;1-2-3-4-5-6-7-8-9-10-11-12-13-14-15-16-17-18-19/h18-19H,3-17H2,1-2H3;19H,2-18H2,1H3. The molecule has 0 radical (unpaired) electrons. The molecule has 0 amide bonds. The number of rotatable bonds is 31. The summed E-state index contributed by atoms with van der Waals surface area (Å²) in [5.41, 5.74) is 0. The normalized spacial score (nSPS) is 11.2. The number of unbranched alkanes of at least 4 members (excludes halogenated alkanes) is 27. The Bertz CT molecular complexity index is 352. The smallest absolute Gasteiger partial charge is 0.0431 e. The number of aliphatic hydroxyl groups excluding tert-OH is 2. The summed E-state index contributed by atoms with van der Waals surface area (Å²) >= 11 is 0. The maximum atomic E-state index is 8.67. The summed E-state index contributed by atoms with van der Waals surface area (Å²) in [7, 11) is 0. The predicted molar refractivity (Wildman–Crippen MR) is 173 cm³/mol. The Balaban J connectivity index is 0. The van der Waals surface area contributed by atoms with Crippen molar-refractivity contribution < 1.29 is 10.2 Å². The molecule has 0 spiro atoms. The molecule has 0 aromatic carbocycles. The highest BCUT2D eigenvalue weighted by atomic mass is 16.3. The van der Waals surface area contributed by atoms with Crippen LogP contribution in [0.1, 0.15) is 213 Å². The van der Waals surface area contributed by atoms with Crippen LogP contribution >= 0.6 is 0 Å². The van der Waals surface area contributed by atoms with Crippen LogP contribution in [0.3, 0.4) is 0 Å². The molecule has 38 heavy (non-hydrogen) atoms. The van der Waals surface area contributed by atoms with Crippen molar-refractivity contribution in [1.82, 2.24) is 0 Å². The molecule has 0 heterocycles. The molecule has 0 aromatic rings. The van der Waals surface area contributed by atoms with E-state index < -0.39 is 0 Å². The van der Waals surface area contributed by atoms with E-state index in [0.29, 0.717) is 13.2 Å². The Morgan fingerprint density at radius 1 is 0.316 bits per heavy atom. The van der Waals surface area contributed by atoms with Crippen molar-refractivity contribution in [2.75, 3.05) is 13.2 Å². The lowest BCUT2D eigenvalue weighted by atomic mass is 10.0. The summed E-state index contributed by atoms with van der Waals surface area (Å²) < 4.78 is 0. The van der Waals surface area contributed by atoms with Gasteiger partial charge in [-0.1, -0.05) is 201 Å². The second kappa shape index (κ2) is 39.1. The van der Waals surface area contributed by atoms with Gasteiger partial charge in [-0.15, -0.1) is 0 Å². The van der Waals surface area contributed by atoms with E-state index in [9.17, 15) is 0 Å². The Morgan fingerprint density at radius 2 is 0.526 bits per heavy atom. The average molecular weight is 541 g/mol. The molecule has 0 atom stereocenters. The molecule has 232 valence electrons. The first-order chi connectivity index (χ1) is 18.7. The van der Waals surface area contributed by atoms with Crippen LogP contribution in [-0.4, -0.2) is 23.4 Å². The molecule has 2 heteroatoms. The van der Waals surface area contributed by atoms with Gasteiger partial charge in [-0.25, -0.2) is 0 Å². The summed E-state index contributed by atoms with van der Waals surface area (Å²) in [6.45, 7) is 7.68. The third-order valence-corrected chi connectivity index (χ3v) is 7.95. The SMILES string of the molecule is CC(C)CCCCCCCCCCCCCCCO.CCCCCCCCCCCCCCCCCCO. The third-order valence-electron chi connectivity index (χ3n) is 7.95. The first kappa shape index (κ1) is 40.1. The van der Waals surface area contributed by atoms with Crippen molar-refractivity contribution in [2.24, 2.45) is 5.92 Å². The van der Waals surface area contributed by atoms with E-state index in [1.54, 1.807) is 0 Å². The van der Waals surface area contributed by atoms with E-state index in [1.165, 1.54) is 180 Å². The van der Waals surface area contributed by atoms with Gasteiger partial charge in [-0.2, -0.15) is 0 Å². The van der Waals surface area contributed by atoms with E-state index in [2.05, 4.69) is 20.8 Å². The topological polar surface area (TPSA) is 40.5 Å². The lowest BCUT2D eigenvalue weighted by Gasteiger charge is -2.04. The van der Waals surface area contributed by atoms with Crippen LogP contribution in [0.15, 0.2) is 0 Å². The van der Waals surface area contributed by atoms with Gasteiger partial charge in [0.25, 0.3) is 0 Å². The summed E-state index contributed by atoms with van der Waals surface area (Å²) in [5.74, 6) is 0.886. The molecule has 2 N–H and O–H groups in total. The highest BCUT2D eigenvalue weighted by Crippen LogP contribution is 2.15.